The third-order valence-corrected chi connectivity index (χ3v) is 16.1. The first-order chi connectivity index (χ1) is 21.7. The standard InChI is InChI=1S/C38H61NO7/c1-23(17-25(44-6)19-32(42)43)26-20-29(40)36(5)28-10-9-27-34(2,3)30(11-12-37(27)22-38(28,37)14-13-35(26,36)4)46-33-21-39(15-16-45-33)31(41)18-24-7-8-24/h23-30,33,40H,7-22H2,1-6H3,(H,42,43)/t23-,25?,26-,27+,28?,29+,30+,33+,35-,36-,37-,38?/m1/s1. The molecule has 1 amide bonds. The molecule has 7 aliphatic rings. The highest BCUT2D eigenvalue weighted by Crippen LogP contribution is 2.89. The quantitative estimate of drug-likeness (QED) is 0.289. The fraction of sp³-hybridized carbons (Fsp3) is 0.947. The second kappa shape index (κ2) is 11.4. The lowest BCUT2D eigenvalue weighted by Gasteiger charge is -2.64. The molecule has 8 nitrogen and oxygen atoms in total. The van der Waals surface area contributed by atoms with Crippen LogP contribution in [-0.4, -0.2) is 78.4 Å². The SMILES string of the molecule is COC(CC(=O)O)C[C@@H](C)[C@H]1C[C@H](O)[C@@]2(C)C3CC[C@H]4C(C)(C)[C@@H](O[C@H]5CN(C(=O)CC6CC6)CCO5)CC[C@@]45CC35CC[C@]12C. The van der Waals surface area contributed by atoms with Crippen molar-refractivity contribution in [2.24, 2.45) is 56.7 Å². The summed E-state index contributed by atoms with van der Waals surface area (Å²) in [5.74, 6) is 1.80. The molecule has 260 valence electrons. The van der Waals surface area contributed by atoms with Crippen LogP contribution in [0.15, 0.2) is 0 Å². The molecule has 1 aliphatic heterocycles. The summed E-state index contributed by atoms with van der Waals surface area (Å²) in [4.78, 5) is 26.3. The Bertz CT molecular complexity index is 1200. The predicted octanol–water partition coefficient (Wildman–Crippen LogP) is 6.28. The van der Waals surface area contributed by atoms with Crippen LogP contribution in [0.2, 0.25) is 0 Å². The number of aliphatic hydroxyl groups is 1. The summed E-state index contributed by atoms with van der Waals surface area (Å²) in [5, 5.41) is 21.4. The average molecular weight is 644 g/mol. The summed E-state index contributed by atoms with van der Waals surface area (Å²) in [6.45, 7) is 13.8. The molecule has 6 saturated carbocycles. The number of carboxylic acid groups (broad SMARTS) is 1. The molecule has 0 aromatic carbocycles. The number of amides is 1. The maximum Gasteiger partial charge on any atom is 0.305 e. The molecule has 3 unspecified atom stereocenters. The lowest BCUT2D eigenvalue weighted by atomic mass is 9.41. The Labute approximate surface area is 276 Å². The van der Waals surface area contributed by atoms with E-state index < -0.39 is 5.97 Å². The molecule has 12 atom stereocenters. The van der Waals surface area contributed by atoms with Crippen LogP contribution >= 0.6 is 0 Å². The maximum atomic E-state index is 12.9. The van der Waals surface area contributed by atoms with Crippen molar-refractivity contribution < 1.29 is 34.0 Å². The Hall–Kier alpha value is -1.22. The van der Waals surface area contributed by atoms with Crippen LogP contribution in [0.3, 0.4) is 0 Å². The third-order valence-electron chi connectivity index (χ3n) is 16.1. The van der Waals surface area contributed by atoms with Gasteiger partial charge in [0, 0.05) is 25.5 Å². The highest BCUT2D eigenvalue weighted by Gasteiger charge is 2.83. The Morgan fingerprint density at radius 3 is 2.41 bits per heavy atom. The van der Waals surface area contributed by atoms with Gasteiger partial charge in [0.25, 0.3) is 0 Å². The van der Waals surface area contributed by atoms with E-state index in [2.05, 4.69) is 34.6 Å². The van der Waals surface area contributed by atoms with Gasteiger partial charge in [-0.1, -0.05) is 34.6 Å². The number of nitrogens with zero attached hydrogens (tertiary/aromatic N) is 1. The maximum absolute atomic E-state index is 12.9. The number of ether oxygens (including phenoxy) is 3. The van der Waals surface area contributed by atoms with Crippen LogP contribution in [0.25, 0.3) is 0 Å². The minimum Gasteiger partial charge on any atom is -0.481 e. The van der Waals surface area contributed by atoms with Gasteiger partial charge in [-0.05, 0) is 122 Å². The number of rotatable bonds is 10. The van der Waals surface area contributed by atoms with Crippen LogP contribution < -0.4 is 0 Å². The minimum atomic E-state index is -0.813. The van der Waals surface area contributed by atoms with Crippen molar-refractivity contribution in [3.63, 3.8) is 0 Å². The summed E-state index contributed by atoms with van der Waals surface area (Å²) < 4.78 is 18.5. The lowest BCUT2D eigenvalue weighted by molar-refractivity contribution is -0.248. The molecule has 6 aliphatic carbocycles. The summed E-state index contributed by atoms with van der Waals surface area (Å²) in [5.41, 5.74) is 0.532. The van der Waals surface area contributed by atoms with Crippen molar-refractivity contribution in [1.29, 1.82) is 0 Å². The van der Waals surface area contributed by atoms with E-state index in [9.17, 15) is 19.8 Å². The Morgan fingerprint density at radius 2 is 1.72 bits per heavy atom. The molecule has 0 aromatic heterocycles. The van der Waals surface area contributed by atoms with E-state index in [1.165, 1.54) is 38.5 Å². The van der Waals surface area contributed by atoms with Crippen LogP contribution in [0.5, 0.6) is 0 Å². The van der Waals surface area contributed by atoms with Crippen molar-refractivity contribution >= 4 is 11.9 Å². The van der Waals surface area contributed by atoms with E-state index in [1.54, 1.807) is 7.11 Å². The molecule has 7 rings (SSSR count). The van der Waals surface area contributed by atoms with Crippen molar-refractivity contribution in [3.05, 3.63) is 0 Å². The number of methoxy groups -OCH3 is 1. The van der Waals surface area contributed by atoms with Crippen LogP contribution in [0.4, 0.5) is 0 Å². The number of aliphatic carboxylic acids is 1. The number of hydrogen-bond donors (Lipinski definition) is 2. The predicted molar refractivity (Wildman–Crippen MR) is 174 cm³/mol. The Balaban J connectivity index is 1.05. The normalized spacial score (nSPS) is 47.2. The molecule has 0 radical (unpaired) electrons. The number of carbonyl (C=O) groups is 2. The van der Waals surface area contributed by atoms with Gasteiger partial charge in [0.2, 0.25) is 5.91 Å². The molecule has 1 heterocycles. The van der Waals surface area contributed by atoms with Gasteiger partial charge in [0.05, 0.1) is 37.9 Å². The fourth-order valence-electron chi connectivity index (χ4n) is 13.4. The first-order valence-electron chi connectivity index (χ1n) is 18.7. The van der Waals surface area contributed by atoms with E-state index in [0.29, 0.717) is 60.6 Å². The molecule has 2 spiro atoms. The monoisotopic (exact) mass is 643 g/mol. The van der Waals surface area contributed by atoms with Gasteiger partial charge in [0.15, 0.2) is 6.29 Å². The first kappa shape index (κ1) is 33.3. The molecule has 2 N–H and O–H groups in total. The molecule has 0 aromatic rings. The zero-order valence-corrected chi connectivity index (χ0v) is 29.4. The molecular weight excluding hydrogens is 582 g/mol. The Morgan fingerprint density at radius 1 is 1.00 bits per heavy atom. The van der Waals surface area contributed by atoms with Crippen molar-refractivity contribution in [3.8, 4) is 0 Å². The van der Waals surface area contributed by atoms with E-state index in [4.69, 9.17) is 14.2 Å². The number of carbonyl (C=O) groups excluding carboxylic acids is 1. The topological polar surface area (TPSA) is 106 Å². The van der Waals surface area contributed by atoms with Crippen molar-refractivity contribution in [1.82, 2.24) is 4.90 Å². The third kappa shape index (κ3) is 4.87. The van der Waals surface area contributed by atoms with E-state index in [1.807, 2.05) is 4.90 Å². The largest absolute Gasteiger partial charge is 0.481 e. The van der Waals surface area contributed by atoms with Gasteiger partial charge in [-0.25, -0.2) is 0 Å². The molecule has 7 fully saturated rings. The molecule has 8 heteroatoms. The van der Waals surface area contributed by atoms with Gasteiger partial charge in [0.1, 0.15) is 0 Å². The number of aliphatic hydroxyl groups excluding tert-OH is 1. The van der Waals surface area contributed by atoms with Crippen LogP contribution in [0, 0.1) is 56.7 Å². The summed E-state index contributed by atoms with van der Waals surface area (Å²) >= 11 is 0. The second-order valence-corrected chi connectivity index (χ2v) is 18.2. The number of carboxylic acids is 1. The van der Waals surface area contributed by atoms with E-state index in [0.717, 1.165) is 32.1 Å². The highest BCUT2D eigenvalue weighted by molar-refractivity contribution is 5.76. The van der Waals surface area contributed by atoms with Gasteiger partial charge in [-0.3, -0.25) is 9.59 Å². The summed E-state index contributed by atoms with van der Waals surface area (Å²) in [6.07, 6.45) is 12.0. The van der Waals surface area contributed by atoms with Crippen LogP contribution in [0.1, 0.15) is 118 Å². The fourth-order valence-corrected chi connectivity index (χ4v) is 13.4. The highest BCUT2D eigenvalue weighted by atomic mass is 16.7. The number of hydrogen-bond acceptors (Lipinski definition) is 6. The zero-order valence-electron chi connectivity index (χ0n) is 29.4. The molecular formula is C38H61NO7. The number of morpholine rings is 1. The number of fused-ring (bicyclic) bond motifs is 2. The van der Waals surface area contributed by atoms with Crippen molar-refractivity contribution in [2.45, 2.75) is 143 Å². The average Bonchev–Trinajstić information content (AvgIpc) is 3.92. The zero-order chi connectivity index (χ0) is 32.9. The van der Waals surface area contributed by atoms with Gasteiger partial charge >= 0.3 is 5.97 Å². The van der Waals surface area contributed by atoms with E-state index >= 15 is 0 Å². The molecule has 0 bridgehead atoms. The summed E-state index contributed by atoms with van der Waals surface area (Å²) in [7, 11) is 1.63. The Kier molecular flexibility index (Phi) is 8.26. The van der Waals surface area contributed by atoms with Crippen LogP contribution in [-0.2, 0) is 23.8 Å². The lowest BCUT2D eigenvalue weighted by Crippen LogP contribution is -2.60. The summed E-state index contributed by atoms with van der Waals surface area (Å²) in [6, 6.07) is 0. The van der Waals surface area contributed by atoms with Gasteiger partial charge < -0.3 is 29.3 Å². The molecule has 46 heavy (non-hydrogen) atoms. The first-order valence-corrected chi connectivity index (χ1v) is 18.7. The molecule has 1 saturated heterocycles. The minimum absolute atomic E-state index is 0.0165. The smallest absolute Gasteiger partial charge is 0.305 e. The van der Waals surface area contributed by atoms with E-state index in [-0.39, 0.29) is 59.1 Å². The second-order valence-electron chi connectivity index (χ2n) is 18.2. The van der Waals surface area contributed by atoms with Crippen molar-refractivity contribution in [2.75, 3.05) is 26.8 Å². The van der Waals surface area contributed by atoms with Gasteiger partial charge in [-0.2, -0.15) is 0 Å². The van der Waals surface area contributed by atoms with Gasteiger partial charge in [-0.15, -0.1) is 0 Å².